The van der Waals surface area contributed by atoms with Crippen LogP contribution in [-0.4, -0.2) is 83.1 Å². The Bertz CT molecular complexity index is 799. The second-order valence-corrected chi connectivity index (χ2v) is 11.4. The molecular formula is C16H33N5O8P2. The van der Waals surface area contributed by atoms with Gasteiger partial charge in [-0.25, -0.2) is 0 Å². The van der Waals surface area contributed by atoms with Gasteiger partial charge >= 0.3 is 15.2 Å². The van der Waals surface area contributed by atoms with Gasteiger partial charge in [0.2, 0.25) is 5.91 Å². The molecule has 31 heavy (non-hydrogen) atoms. The van der Waals surface area contributed by atoms with E-state index in [9.17, 15) is 19.0 Å². The number of hydrogen-bond acceptors (Lipinski definition) is 7. The van der Waals surface area contributed by atoms with Crippen molar-refractivity contribution in [1.29, 1.82) is 0 Å². The summed E-state index contributed by atoms with van der Waals surface area (Å²) in [6, 6.07) is 1.98. The lowest BCUT2D eigenvalue weighted by atomic mass is 10.2. The molecule has 0 atom stereocenters. The van der Waals surface area contributed by atoms with Crippen molar-refractivity contribution in [2.75, 3.05) is 32.7 Å². The molecule has 1 aromatic rings. The lowest BCUT2D eigenvalue weighted by molar-refractivity contribution is -0.121. The summed E-state index contributed by atoms with van der Waals surface area (Å²) in [5, 5.41) is 13.0. The van der Waals surface area contributed by atoms with Gasteiger partial charge in [0.1, 0.15) is 0 Å². The first-order valence-corrected chi connectivity index (χ1v) is 13.0. The fourth-order valence-electron chi connectivity index (χ4n) is 3.04. The van der Waals surface area contributed by atoms with Gasteiger partial charge in [0.05, 0.1) is 12.2 Å². The van der Waals surface area contributed by atoms with Crippen molar-refractivity contribution in [3.8, 4) is 0 Å². The largest absolute Gasteiger partial charge is 0.369 e. The van der Waals surface area contributed by atoms with Crippen LogP contribution >= 0.6 is 15.2 Å². The van der Waals surface area contributed by atoms with Crippen molar-refractivity contribution < 1.29 is 38.6 Å². The Morgan fingerprint density at radius 3 is 2.29 bits per heavy atom. The predicted octanol–water partition coefficient (Wildman–Crippen LogP) is -0.951. The molecule has 0 bridgehead atoms. The minimum absolute atomic E-state index is 0.0885. The SMILES string of the molecule is Cc1cc(C)n(CCN(CCN)CCCC(=O)NCCC(O)(P(=O)(O)O)P(=O)(O)O)n1. The van der Waals surface area contributed by atoms with Crippen LogP contribution in [0, 0.1) is 13.8 Å². The summed E-state index contributed by atoms with van der Waals surface area (Å²) in [7, 11) is -11.1. The highest BCUT2D eigenvalue weighted by atomic mass is 31.2. The molecular weight excluding hydrogens is 452 g/mol. The third kappa shape index (κ3) is 8.38. The number of aromatic nitrogens is 2. The summed E-state index contributed by atoms with van der Waals surface area (Å²) in [6.07, 6.45) is -0.426. The highest BCUT2D eigenvalue weighted by molar-refractivity contribution is 7.72. The maximum atomic E-state index is 12.0. The van der Waals surface area contributed by atoms with Crippen molar-refractivity contribution in [2.24, 2.45) is 5.73 Å². The van der Waals surface area contributed by atoms with Gasteiger partial charge in [-0.1, -0.05) is 0 Å². The molecule has 0 aliphatic carbocycles. The Morgan fingerprint density at radius 1 is 1.19 bits per heavy atom. The smallest absolute Gasteiger partial charge is 0.367 e. The van der Waals surface area contributed by atoms with Crippen LogP contribution in [0.1, 0.15) is 30.7 Å². The van der Waals surface area contributed by atoms with E-state index in [-0.39, 0.29) is 6.42 Å². The molecule has 0 spiro atoms. The minimum atomic E-state index is -5.53. The van der Waals surface area contributed by atoms with E-state index in [0.717, 1.165) is 11.4 Å². The molecule has 0 aromatic carbocycles. The average Bonchev–Trinajstić information content (AvgIpc) is 2.94. The van der Waals surface area contributed by atoms with E-state index >= 15 is 0 Å². The van der Waals surface area contributed by atoms with E-state index in [4.69, 9.17) is 25.3 Å². The van der Waals surface area contributed by atoms with E-state index < -0.39 is 39.1 Å². The molecule has 1 aromatic heterocycles. The lowest BCUT2D eigenvalue weighted by Crippen LogP contribution is -2.36. The Balaban J connectivity index is 2.45. The fraction of sp³-hybridized carbons (Fsp3) is 0.750. The second-order valence-electron chi connectivity index (χ2n) is 7.35. The number of nitrogens with two attached hydrogens (primary N) is 1. The average molecular weight is 485 g/mol. The quantitative estimate of drug-likeness (QED) is 0.160. The summed E-state index contributed by atoms with van der Waals surface area (Å²) in [4.78, 5) is 50.3. The molecule has 15 heteroatoms. The van der Waals surface area contributed by atoms with Gasteiger partial charge in [-0.3, -0.25) is 18.6 Å². The van der Waals surface area contributed by atoms with Crippen LogP contribution in [0.4, 0.5) is 0 Å². The van der Waals surface area contributed by atoms with Gasteiger partial charge in [0.25, 0.3) is 5.08 Å². The molecule has 0 saturated heterocycles. The van der Waals surface area contributed by atoms with Crippen molar-refractivity contribution in [3.63, 3.8) is 0 Å². The molecule has 0 unspecified atom stereocenters. The number of aryl methyl sites for hydroxylation is 2. The van der Waals surface area contributed by atoms with Crippen molar-refractivity contribution in [1.82, 2.24) is 20.0 Å². The third-order valence-corrected chi connectivity index (χ3v) is 8.65. The number of amides is 1. The molecule has 1 rings (SSSR count). The second kappa shape index (κ2) is 11.6. The van der Waals surface area contributed by atoms with E-state index in [1.807, 2.05) is 24.6 Å². The lowest BCUT2D eigenvalue weighted by Gasteiger charge is -2.29. The molecule has 0 saturated carbocycles. The normalized spacial score (nSPS) is 13.1. The van der Waals surface area contributed by atoms with Gasteiger partial charge in [-0.2, -0.15) is 5.10 Å². The minimum Gasteiger partial charge on any atom is -0.367 e. The zero-order valence-electron chi connectivity index (χ0n) is 17.7. The Morgan fingerprint density at radius 2 is 1.81 bits per heavy atom. The molecule has 1 heterocycles. The van der Waals surface area contributed by atoms with Gasteiger partial charge in [-0.05, 0) is 32.9 Å². The van der Waals surface area contributed by atoms with Crippen molar-refractivity contribution >= 4 is 21.1 Å². The summed E-state index contributed by atoms with van der Waals surface area (Å²) in [5.41, 5.74) is 7.63. The fourth-order valence-corrected chi connectivity index (χ4v) is 5.20. The van der Waals surface area contributed by atoms with Gasteiger partial charge in [0, 0.05) is 44.7 Å². The number of aliphatic hydroxyl groups is 1. The monoisotopic (exact) mass is 485 g/mol. The molecule has 13 nitrogen and oxygen atoms in total. The van der Waals surface area contributed by atoms with Gasteiger partial charge in [0.15, 0.2) is 0 Å². The molecule has 0 radical (unpaired) electrons. The van der Waals surface area contributed by atoms with Crippen LogP contribution in [0.5, 0.6) is 0 Å². The van der Waals surface area contributed by atoms with Crippen molar-refractivity contribution in [2.45, 2.75) is 44.7 Å². The van der Waals surface area contributed by atoms with E-state index in [1.165, 1.54) is 0 Å². The number of rotatable bonds is 14. The molecule has 1 amide bonds. The van der Waals surface area contributed by atoms with Crippen LogP contribution in [0.2, 0.25) is 0 Å². The van der Waals surface area contributed by atoms with Crippen LogP contribution in [0.25, 0.3) is 0 Å². The van der Waals surface area contributed by atoms with Crippen molar-refractivity contribution in [3.05, 3.63) is 17.5 Å². The number of carbonyl (C=O) groups excluding carboxylic acids is 1. The number of nitrogens with one attached hydrogen (secondary N) is 1. The standard InChI is InChI=1S/C16H33N5O8P2/c1-13-12-14(2)21(19-13)11-10-20(9-6-17)8-3-4-15(22)18-7-5-16(23,30(24,25)26)31(27,28)29/h12,23H,3-11,17H2,1-2H3,(H,18,22)(H2,24,25,26)(H2,27,28,29). The van der Waals surface area contributed by atoms with Crippen LogP contribution in [0.15, 0.2) is 6.07 Å². The summed E-state index contributed by atoms with van der Waals surface area (Å²) in [5.74, 6) is -0.468. The highest BCUT2D eigenvalue weighted by Crippen LogP contribution is 2.68. The maximum absolute atomic E-state index is 12.0. The zero-order chi connectivity index (χ0) is 23.9. The summed E-state index contributed by atoms with van der Waals surface area (Å²) in [6.45, 7) is 6.42. The molecule has 0 fully saturated rings. The number of hydrogen-bond donors (Lipinski definition) is 7. The Hall–Kier alpha value is -1.14. The van der Waals surface area contributed by atoms with Crippen LogP contribution in [-0.2, 0) is 20.5 Å². The first kappa shape index (κ1) is 27.9. The van der Waals surface area contributed by atoms with Gasteiger partial charge in [-0.15, -0.1) is 0 Å². The first-order valence-electron chi connectivity index (χ1n) is 9.75. The Kier molecular flexibility index (Phi) is 10.5. The van der Waals surface area contributed by atoms with E-state index in [0.29, 0.717) is 39.1 Å². The maximum Gasteiger partial charge on any atom is 0.369 e. The molecule has 0 aliphatic rings. The highest BCUT2D eigenvalue weighted by Gasteiger charge is 2.58. The number of nitrogens with zero attached hydrogens (tertiary/aromatic N) is 3. The predicted molar refractivity (Wildman–Crippen MR) is 113 cm³/mol. The number of carbonyl (C=O) groups is 1. The molecule has 180 valence electrons. The third-order valence-electron chi connectivity index (χ3n) is 4.77. The van der Waals surface area contributed by atoms with Gasteiger partial charge < -0.3 is 40.6 Å². The topological polar surface area (TPSA) is 211 Å². The summed E-state index contributed by atoms with van der Waals surface area (Å²) >= 11 is 0. The molecule has 8 N–H and O–H groups in total. The first-order chi connectivity index (χ1) is 14.2. The van der Waals surface area contributed by atoms with E-state index in [2.05, 4.69) is 15.3 Å². The Labute approximate surface area is 180 Å². The molecule has 0 aliphatic heterocycles. The van der Waals surface area contributed by atoms with Crippen LogP contribution in [0.3, 0.4) is 0 Å². The summed E-state index contributed by atoms with van der Waals surface area (Å²) < 4.78 is 24.5. The van der Waals surface area contributed by atoms with Crippen LogP contribution < -0.4 is 11.1 Å². The zero-order valence-corrected chi connectivity index (χ0v) is 19.5. The van der Waals surface area contributed by atoms with E-state index in [1.54, 1.807) is 0 Å².